The Labute approximate surface area is 72.5 Å². The van der Waals surface area contributed by atoms with Crippen LogP contribution >= 0.6 is 0 Å². The minimum Gasteiger partial charge on any atom is -0.326 e. The maximum absolute atomic E-state index is 5.59. The third-order valence-corrected chi connectivity index (χ3v) is 1.89. The summed E-state index contributed by atoms with van der Waals surface area (Å²) in [6.07, 6.45) is 1.79. The molecule has 0 atom stereocenters. The fraction of sp³-hybridized carbons (Fsp3) is 0.625. The molecule has 4 N–H and O–H groups in total. The molecule has 1 aromatic heterocycles. The number of nitrogens with zero attached hydrogens (tertiary/aromatic N) is 2. The maximum atomic E-state index is 5.59. The van der Waals surface area contributed by atoms with Crippen molar-refractivity contribution in [3.05, 3.63) is 17.5 Å². The van der Waals surface area contributed by atoms with Gasteiger partial charge in [0.2, 0.25) is 0 Å². The van der Waals surface area contributed by atoms with Crippen molar-refractivity contribution in [1.29, 1.82) is 0 Å². The predicted octanol–water partition coefficient (Wildman–Crippen LogP) is 0.381. The van der Waals surface area contributed by atoms with Crippen LogP contribution in [0.5, 0.6) is 0 Å². The van der Waals surface area contributed by atoms with Crippen LogP contribution in [0.4, 0.5) is 0 Å². The van der Waals surface area contributed by atoms with Crippen LogP contribution in [0.15, 0.2) is 6.20 Å². The highest BCUT2D eigenvalue weighted by molar-refractivity contribution is 5.17. The fourth-order valence-corrected chi connectivity index (χ4v) is 1.26. The molecular formula is C8H16N4. The molecule has 0 aromatic carbocycles. The van der Waals surface area contributed by atoms with Crippen LogP contribution in [-0.4, -0.2) is 9.78 Å². The van der Waals surface area contributed by atoms with Gasteiger partial charge in [-0.15, -0.1) is 0 Å². The van der Waals surface area contributed by atoms with Gasteiger partial charge in [0.05, 0.1) is 11.9 Å². The zero-order chi connectivity index (χ0) is 9.14. The van der Waals surface area contributed by atoms with Crippen molar-refractivity contribution in [1.82, 2.24) is 9.78 Å². The van der Waals surface area contributed by atoms with E-state index in [2.05, 4.69) is 18.9 Å². The van der Waals surface area contributed by atoms with E-state index in [1.54, 1.807) is 6.20 Å². The molecule has 0 saturated carbocycles. The van der Waals surface area contributed by atoms with E-state index >= 15 is 0 Å². The molecule has 0 unspecified atom stereocenters. The number of hydrogen-bond donors (Lipinski definition) is 2. The summed E-state index contributed by atoms with van der Waals surface area (Å²) in [4.78, 5) is 0. The largest absolute Gasteiger partial charge is 0.326 e. The number of hydrogen-bond acceptors (Lipinski definition) is 3. The van der Waals surface area contributed by atoms with Gasteiger partial charge in [0.1, 0.15) is 0 Å². The molecule has 68 valence electrons. The predicted molar refractivity (Wildman–Crippen MR) is 48.4 cm³/mol. The van der Waals surface area contributed by atoms with Gasteiger partial charge in [-0.05, 0) is 13.8 Å². The second-order valence-corrected chi connectivity index (χ2v) is 3.06. The van der Waals surface area contributed by atoms with E-state index in [-0.39, 0.29) is 0 Å². The maximum Gasteiger partial charge on any atom is 0.0567 e. The summed E-state index contributed by atoms with van der Waals surface area (Å²) in [6.45, 7) is 5.17. The molecule has 0 bridgehead atoms. The summed E-state index contributed by atoms with van der Waals surface area (Å²) in [6, 6.07) is 0.351. The van der Waals surface area contributed by atoms with E-state index in [9.17, 15) is 0 Å². The van der Waals surface area contributed by atoms with Gasteiger partial charge in [-0.2, -0.15) is 5.10 Å². The lowest BCUT2D eigenvalue weighted by Gasteiger charge is -2.10. The van der Waals surface area contributed by atoms with Crippen molar-refractivity contribution in [2.24, 2.45) is 11.5 Å². The van der Waals surface area contributed by atoms with E-state index in [1.807, 2.05) is 4.68 Å². The zero-order valence-electron chi connectivity index (χ0n) is 7.62. The summed E-state index contributed by atoms with van der Waals surface area (Å²) in [7, 11) is 0. The average molecular weight is 168 g/mol. The summed E-state index contributed by atoms with van der Waals surface area (Å²) >= 11 is 0. The van der Waals surface area contributed by atoms with Crippen molar-refractivity contribution < 1.29 is 0 Å². The first-order valence-corrected chi connectivity index (χ1v) is 4.16. The smallest absolute Gasteiger partial charge is 0.0567 e. The molecule has 0 aliphatic rings. The third-order valence-electron chi connectivity index (χ3n) is 1.89. The first-order chi connectivity index (χ1) is 5.70. The quantitative estimate of drug-likeness (QED) is 0.685. The topological polar surface area (TPSA) is 69.9 Å². The lowest BCUT2D eigenvalue weighted by atomic mass is 10.2. The molecule has 1 heterocycles. The fourth-order valence-electron chi connectivity index (χ4n) is 1.26. The van der Waals surface area contributed by atoms with E-state index in [1.165, 1.54) is 0 Å². The van der Waals surface area contributed by atoms with Gasteiger partial charge in [0, 0.05) is 24.7 Å². The summed E-state index contributed by atoms with van der Waals surface area (Å²) in [5.74, 6) is 0. The SMILES string of the molecule is CC(C)n1ncc(CN)c1CN. The van der Waals surface area contributed by atoms with Crippen molar-refractivity contribution in [3.63, 3.8) is 0 Å². The van der Waals surface area contributed by atoms with Crippen LogP contribution in [0, 0.1) is 0 Å². The van der Waals surface area contributed by atoms with Crippen LogP contribution in [-0.2, 0) is 13.1 Å². The second-order valence-electron chi connectivity index (χ2n) is 3.06. The minimum absolute atomic E-state index is 0.351. The molecule has 0 saturated heterocycles. The summed E-state index contributed by atoms with van der Waals surface area (Å²) < 4.78 is 1.92. The molecule has 0 radical (unpaired) electrons. The Balaban J connectivity index is 3.05. The lowest BCUT2D eigenvalue weighted by molar-refractivity contribution is 0.509. The molecule has 0 fully saturated rings. The standard InChI is InChI=1S/C8H16N4/c1-6(2)12-8(4-10)7(3-9)5-11-12/h5-6H,3-4,9-10H2,1-2H3. The lowest BCUT2D eigenvalue weighted by Crippen LogP contribution is -2.13. The third kappa shape index (κ3) is 1.49. The molecule has 4 nitrogen and oxygen atoms in total. The normalized spacial score (nSPS) is 11.1. The van der Waals surface area contributed by atoms with E-state index in [4.69, 9.17) is 11.5 Å². The first-order valence-electron chi connectivity index (χ1n) is 4.16. The van der Waals surface area contributed by atoms with Gasteiger partial charge in [0.15, 0.2) is 0 Å². The highest BCUT2D eigenvalue weighted by Gasteiger charge is 2.09. The number of aromatic nitrogens is 2. The Kier molecular flexibility index (Phi) is 2.83. The Bertz CT molecular complexity index is 252. The average Bonchev–Trinajstić information content (AvgIpc) is 2.46. The van der Waals surface area contributed by atoms with Gasteiger partial charge in [-0.1, -0.05) is 0 Å². The Hall–Kier alpha value is -0.870. The van der Waals surface area contributed by atoms with Crippen molar-refractivity contribution >= 4 is 0 Å². The van der Waals surface area contributed by atoms with E-state index in [0.29, 0.717) is 19.1 Å². The molecule has 0 aliphatic carbocycles. The zero-order valence-corrected chi connectivity index (χ0v) is 7.62. The van der Waals surface area contributed by atoms with Crippen LogP contribution in [0.2, 0.25) is 0 Å². The van der Waals surface area contributed by atoms with Crippen LogP contribution in [0.25, 0.3) is 0 Å². The molecule has 0 aliphatic heterocycles. The van der Waals surface area contributed by atoms with Gasteiger partial charge in [-0.25, -0.2) is 0 Å². The highest BCUT2D eigenvalue weighted by atomic mass is 15.3. The van der Waals surface area contributed by atoms with Crippen LogP contribution < -0.4 is 11.5 Å². The summed E-state index contributed by atoms with van der Waals surface area (Å²) in [5, 5.41) is 4.21. The molecule has 0 spiro atoms. The van der Waals surface area contributed by atoms with Crippen molar-refractivity contribution in [2.75, 3.05) is 0 Å². The molecule has 0 amide bonds. The summed E-state index contributed by atoms with van der Waals surface area (Å²) in [5.41, 5.74) is 13.2. The van der Waals surface area contributed by atoms with Gasteiger partial charge in [0.25, 0.3) is 0 Å². The van der Waals surface area contributed by atoms with Crippen molar-refractivity contribution in [2.45, 2.75) is 33.0 Å². The Morgan fingerprint density at radius 3 is 2.50 bits per heavy atom. The molecule has 4 heteroatoms. The van der Waals surface area contributed by atoms with E-state index in [0.717, 1.165) is 11.3 Å². The van der Waals surface area contributed by atoms with Gasteiger partial charge in [-0.3, -0.25) is 4.68 Å². The van der Waals surface area contributed by atoms with E-state index < -0.39 is 0 Å². The minimum atomic E-state index is 0.351. The van der Waals surface area contributed by atoms with Gasteiger partial charge >= 0.3 is 0 Å². The van der Waals surface area contributed by atoms with Crippen molar-refractivity contribution in [3.8, 4) is 0 Å². The van der Waals surface area contributed by atoms with Crippen LogP contribution in [0.3, 0.4) is 0 Å². The highest BCUT2D eigenvalue weighted by Crippen LogP contribution is 2.12. The Morgan fingerprint density at radius 1 is 1.42 bits per heavy atom. The molecule has 1 aromatic rings. The number of rotatable bonds is 3. The second kappa shape index (κ2) is 3.69. The monoisotopic (exact) mass is 168 g/mol. The van der Waals surface area contributed by atoms with Gasteiger partial charge < -0.3 is 11.5 Å². The van der Waals surface area contributed by atoms with Crippen LogP contribution in [0.1, 0.15) is 31.1 Å². The molecule has 1 rings (SSSR count). The first kappa shape index (κ1) is 9.22. The number of nitrogens with two attached hydrogens (primary N) is 2. The molecular weight excluding hydrogens is 152 g/mol. The Morgan fingerprint density at radius 2 is 2.08 bits per heavy atom. The molecule has 12 heavy (non-hydrogen) atoms.